The summed E-state index contributed by atoms with van der Waals surface area (Å²) in [6.07, 6.45) is 6.49. The second kappa shape index (κ2) is 14.8. The fourth-order valence-corrected chi connectivity index (χ4v) is 7.22. The van der Waals surface area contributed by atoms with Crippen LogP contribution in [0.15, 0.2) is 24.3 Å². The van der Waals surface area contributed by atoms with E-state index in [0.717, 1.165) is 50.7 Å². The molecule has 0 spiro atoms. The van der Waals surface area contributed by atoms with E-state index in [0.29, 0.717) is 30.6 Å². The first-order valence-electron chi connectivity index (χ1n) is 16.5. The minimum absolute atomic E-state index is 0.109. The second-order valence-electron chi connectivity index (χ2n) is 13.7. The summed E-state index contributed by atoms with van der Waals surface area (Å²) in [4.78, 5) is 0. The molecule has 0 heterocycles. The highest BCUT2D eigenvalue weighted by molar-refractivity contribution is 5.31. The fourth-order valence-electron chi connectivity index (χ4n) is 7.22. The normalized spacial score (nSPS) is 24.0. The van der Waals surface area contributed by atoms with E-state index < -0.39 is 53.2 Å². The van der Waals surface area contributed by atoms with Crippen molar-refractivity contribution in [3.05, 3.63) is 35.4 Å². The van der Waals surface area contributed by atoms with Crippen molar-refractivity contribution >= 4 is 0 Å². The second-order valence-corrected chi connectivity index (χ2v) is 13.7. The van der Waals surface area contributed by atoms with Gasteiger partial charge in [0.1, 0.15) is 0 Å². The molecule has 0 aliphatic heterocycles. The van der Waals surface area contributed by atoms with Gasteiger partial charge in [0.2, 0.25) is 0 Å². The molecule has 1 aromatic carbocycles. The van der Waals surface area contributed by atoms with E-state index in [1.807, 2.05) is 0 Å². The van der Waals surface area contributed by atoms with Gasteiger partial charge in [0.25, 0.3) is 0 Å². The largest absolute Gasteiger partial charge is 0.460 e. The van der Waals surface area contributed by atoms with E-state index in [-0.39, 0.29) is 23.6 Å². The van der Waals surface area contributed by atoms with Crippen LogP contribution in [0.2, 0.25) is 0 Å². The van der Waals surface area contributed by atoms with Gasteiger partial charge in [0.15, 0.2) is 0 Å². The molecule has 2 saturated carbocycles. The summed E-state index contributed by atoms with van der Waals surface area (Å²) in [7, 11) is 0. The first kappa shape index (κ1) is 42.4. The van der Waals surface area contributed by atoms with Crippen molar-refractivity contribution in [1.29, 1.82) is 0 Å². The lowest BCUT2D eigenvalue weighted by molar-refractivity contribution is -0.462. The van der Waals surface area contributed by atoms with Crippen molar-refractivity contribution in [2.75, 3.05) is 0 Å². The van der Waals surface area contributed by atoms with Gasteiger partial charge in [-0.3, -0.25) is 0 Å². The molecule has 2 aliphatic rings. The molecule has 50 heavy (non-hydrogen) atoms. The SMILES string of the molecule is CCCCCCCC1CCC(C2CCC(c3ccc(C(F)(F)C(F)(F)C(F)(F)C(F)(F)C(F)(F)C(F)(F)C(F)(F)C(F)(F)F)cc3)CC2)CC1. The molecule has 0 unspecified atom stereocenters. The summed E-state index contributed by atoms with van der Waals surface area (Å²) in [5, 5.41) is 0. The van der Waals surface area contributed by atoms with Gasteiger partial charge >= 0.3 is 47.6 Å². The van der Waals surface area contributed by atoms with E-state index >= 15 is 0 Å². The summed E-state index contributed by atoms with van der Waals surface area (Å²) in [6, 6.07) is 1.80. The Kier molecular flexibility index (Phi) is 12.6. The van der Waals surface area contributed by atoms with Crippen molar-refractivity contribution in [1.82, 2.24) is 0 Å². The smallest absolute Gasteiger partial charge is 0.194 e. The molecule has 0 nitrogen and oxygen atoms in total. The van der Waals surface area contributed by atoms with Crippen molar-refractivity contribution in [2.45, 2.75) is 150 Å². The molecule has 0 aromatic heterocycles. The van der Waals surface area contributed by atoms with E-state index in [4.69, 9.17) is 0 Å². The van der Waals surface area contributed by atoms with Gasteiger partial charge in [-0.2, -0.15) is 74.6 Å². The maximum Gasteiger partial charge on any atom is 0.460 e. The lowest BCUT2D eigenvalue weighted by atomic mass is 9.68. The van der Waals surface area contributed by atoms with Crippen molar-refractivity contribution in [3.63, 3.8) is 0 Å². The van der Waals surface area contributed by atoms with Gasteiger partial charge in [0, 0.05) is 5.56 Å². The molecule has 0 bridgehead atoms. The number of unbranched alkanes of at least 4 members (excludes halogenated alkanes) is 4. The molecule has 0 N–H and O–H groups in total. The molecular formula is C33H39F17. The zero-order chi connectivity index (χ0) is 38.2. The van der Waals surface area contributed by atoms with Crippen molar-refractivity contribution in [2.24, 2.45) is 17.8 Å². The Labute approximate surface area is 278 Å². The van der Waals surface area contributed by atoms with Crippen molar-refractivity contribution in [3.8, 4) is 0 Å². The number of alkyl halides is 17. The van der Waals surface area contributed by atoms with Crippen LogP contribution in [0.1, 0.15) is 114 Å². The molecule has 2 fully saturated rings. The van der Waals surface area contributed by atoms with Crippen LogP contribution >= 0.6 is 0 Å². The van der Waals surface area contributed by atoms with Crippen LogP contribution in [-0.4, -0.2) is 41.7 Å². The number of hydrogen-bond acceptors (Lipinski definition) is 0. The Balaban J connectivity index is 1.68. The molecule has 3 rings (SSSR count). The van der Waals surface area contributed by atoms with Crippen LogP contribution in [-0.2, 0) is 5.92 Å². The maximum atomic E-state index is 14.7. The van der Waals surface area contributed by atoms with Gasteiger partial charge in [-0.15, -0.1) is 0 Å². The molecule has 0 saturated heterocycles. The van der Waals surface area contributed by atoms with Gasteiger partial charge in [0.05, 0.1) is 0 Å². The number of benzene rings is 1. The minimum Gasteiger partial charge on any atom is -0.194 e. The lowest BCUT2D eigenvalue weighted by Crippen LogP contribution is -2.74. The number of hydrogen-bond donors (Lipinski definition) is 0. The molecule has 2 aliphatic carbocycles. The first-order chi connectivity index (χ1) is 22.7. The van der Waals surface area contributed by atoms with Crippen LogP contribution in [0.4, 0.5) is 74.6 Å². The third-order valence-corrected chi connectivity index (χ3v) is 10.5. The average molecular weight is 759 g/mol. The van der Waals surface area contributed by atoms with E-state index in [1.54, 1.807) is 0 Å². The average Bonchev–Trinajstić information content (AvgIpc) is 3.04. The lowest BCUT2D eigenvalue weighted by Gasteiger charge is -2.42. The van der Waals surface area contributed by atoms with Gasteiger partial charge in [-0.1, -0.05) is 82.6 Å². The summed E-state index contributed by atoms with van der Waals surface area (Å²) < 4.78 is 232. The van der Waals surface area contributed by atoms with E-state index in [1.165, 1.54) is 38.5 Å². The third-order valence-electron chi connectivity index (χ3n) is 10.5. The van der Waals surface area contributed by atoms with Crippen LogP contribution in [0.3, 0.4) is 0 Å². The molecule has 0 atom stereocenters. The quantitative estimate of drug-likeness (QED) is 0.123. The monoisotopic (exact) mass is 758 g/mol. The third kappa shape index (κ3) is 7.44. The van der Waals surface area contributed by atoms with E-state index in [9.17, 15) is 74.6 Å². The highest BCUT2D eigenvalue weighted by Crippen LogP contribution is 2.65. The zero-order valence-corrected chi connectivity index (χ0v) is 26.9. The van der Waals surface area contributed by atoms with E-state index in [2.05, 4.69) is 6.92 Å². The maximum absolute atomic E-state index is 14.7. The molecule has 17 heteroatoms. The molecule has 0 amide bonds. The summed E-state index contributed by atoms with van der Waals surface area (Å²) in [5.41, 5.74) is -1.89. The standard InChI is InChI=1S/C33H39F17/c1-2-3-4-5-6-7-20-8-10-21(11-9-20)22-12-14-23(15-13-22)24-16-18-25(19-17-24)26(34,35)27(36,37)28(38,39)29(40,41)30(42,43)31(44,45)32(46,47)33(48,49)50/h16-23H,2-15H2,1H3. The Morgan fingerprint density at radius 2 is 0.860 bits per heavy atom. The molecule has 1 aromatic rings. The highest BCUT2D eigenvalue weighted by atomic mass is 19.4. The number of halogens is 17. The van der Waals surface area contributed by atoms with Gasteiger partial charge < -0.3 is 0 Å². The Morgan fingerprint density at radius 1 is 0.460 bits per heavy atom. The Morgan fingerprint density at radius 3 is 1.30 bits per heavy atom. The summed E-state index contributed by atoms with van der Waals surface area (Å²) in [6.45, 7) is 2.15. The highest BCUT2D eigenvalue weighted by Gasteiger charge is 2.95. The Hall–Kier alpha value is -1.97. The predicted molar refractivity (Wildman–Crippen MR) is 150 cm³/mol. The zero-order valence-electron chi connectivity index (χ0n) is 26.9. The van der Waals surface area contributed by atoms with Crippen LogP contribution in [0, 0.1) is 17.8 Å². The van der Waals surface area contributed by atoms with Crippen LogP contribution in [0.25, 0.3) is 0 Å². The number of rotatable bonds is 15. The summed E-state index contributed by atoms with van der Waals surface area (Å²) in [5.74, 6) is -55.1. The fraction of sp³-hybridized carbons (Fsp3) is 0.818. The predicted octanol–water partition coefficient (Wildman–Crippen LogP) is 13.6. The van der Waals surface area contributed by atoms with Gasteiger partial charge in [-0.25, -0.2) is 0 Å². The molecule has 0 radical (unpaired) electrons. The minimum atomic E-state index is -8.63. The topological polar surface area (TPSA) is 0 Å². The molecule has 290 valence electrons. The van der Waals surface area contributed by atoms with Crippen LogP contribution in [0.5, 0.6) is 0 Å². The molecular weight excluding hydrogens is 719 g/mol. The summed E-state index contributed by atoms with van der Waals surface area (Å²) >= 11 is 0. The van der Waals surface area contributed by atoms with Crippen LogP contribution < -0.4 is 0 Å². The Bertz CT molecular complexity index is 1220. The van der Waals surface area contributed by atoms with Gasteiger partial charge in [-0.05, 0) is 67.8 Å². The van der Waals surface area contributed by atoms with Crippen molar-refractivity contribution < 1.29 is 74.6 Å². The first-order valence-corrected chi connectivity index (χ1v) is 16.5.